The lowest BCUT2D eigenvalue weighted by Crippen LogP contribution is -2.07. The number of allylic oxidation sites excluding steroid dienone is 2. The molecule has 0 amide bonds. The molecule has 3 nitrogen and oxygen atoms in total. The zero-order valence-electron chi connectivity index (χ0n) is 10.1. The summed E-state index contributed by atoms with van der Waals surface area (Å²) < 4.78 is 4.64. The van der Waals surface area contributed by atoms with E-state index in [1.54, 1.807) is 6.07 Å². The standard InChI is InChI=1S/C14H15ClO3/c1-18-14(17)10-7-8-11(15)12(13(10)16)9-5-3-2-4-6-9/h2-3,7-9,16H,4-6H2,1H3. The highest BCUT2D eigenvalue weighted by molar-refractivity contribution is 6.31. The highest BCUT2D eigenvalue weighted by Crippen LogP contribution is 2.41. The largest absolute Gasteiger partial charge is 0.507 e. The maximum Gasteiger partial charge on any atom is 0.341 e. The van der Waals surface area contributed by atoms with E-state index in [-0.39, 0.29) is 17.2 Å². The Labute approximate surface area is 111 Å². The monoisotopic (exact) mass is 266 g/mol. The van der Waals surface area contributed by atoms with Gasteiger partial charge in [0.25, 0.3) is 0 Å². The number of halogens is 1. The second-order valence-electron chi connectivity index (χ2n) is 4.33. The SMILES string of the molecule is COC(=O)c1ccc(Cl)c(C2CC=CCC2)c1O. The Morgan fingerprint density at radius 3 is 2.83 bits per heavy atom. The van der Waals surface area contributed by atoms with Gasteiger partial charge in [0.2, 0.25) is 0 Å². The van der Waals surface area contributed by atoms with E-state index >= 15 is 0 Å². The molecule has 1 unspecified atom stereocenters. The molecule has 0 spiro atoms. The summed E-state index contributed by atoms with van der Waals surface area (Å²) >= 11 is 6.15. The zero-order chi connectivity index (χ0) is 13.1. The second-order valence-corrected chi connectivity index (χ2v) is 4.74. The van der Waals surface area contributed by atoms with Crippen molar-refractivity contribution in [2.75, 3.05) is 7.11 Å². The number of aromatic hydroxyl groups is 1. The third kappa shape index (κ3) is 2.36. The highest BCUT2D eigenvalue weighted by atomic mass is 35.5. The molecule has 1 atom stereocenters. The summed E-state index contributed by atoms with van der Waals surface area (Å²) in [6, 6.07) is 3.13. The maximum atomic E-state index is 11.5. The Bertz CT molecular complexity index is 494. The average Bonchev–Trinajstić information content (AvgIpc) is 2.39. The number of ether oxygens (including phenoxy) is 1. The van der Waals surface area contributed by atoms with E-state index in [1.807, 2.05) is 0 Å². The van der Waals surface area contributed by atoms with Crippen molar-refractivity contribution in [1.29, 1.82) is 0 Å². The number of phenols is 1. The fourth-order valence-corrected chi connectivity index (χ4v) is 2.61. The Morgan fingerprint density at radius 2 is 2.22 bits per heavy atom. The first-order valence-electron chi connectivity index (χ1n) is 5.89. The minimum absolute atomic E-state index is 0.0466. The molecule has 4 heteroatoms. The average molecular weight is 267 g/mol. The lowest BCUT2D eigenvalue weighted by Gasteiger charge is -2.21. The molecular weight excluding hydrogens is 252 g/mol. The zero-order valence-corrected chi connectivity index (χ0v) is 10.9. The Kier molecular flexibility index (Phi) is 3.92. The first kappa shape index (κ1) is 13.0. The molecule has 0 saturated heterocycles. The van der Waals surface area contributed by atoms with Crippen molar-refractivity contribution in [3.8, 4) is 5.75 Å². The number of methoxy groups -OCH3 is 1. The number of rotatable bonds is 2. The molecule has 0 saturated carbocycles. The summed E-state index contributed by atoms with van der Waals surface area (Å²) in [5.41, 5.74) is 0.829. The Hall–Kier alpha value is -1.48. The topological polar surface area (TPSA) is 46.5 Å². The number of benzene rings is 1. The van der Waals surface area contributed by atoms with Gasteiger partial charge in [-0.25, -0.2) is 4.79 Å². The first-order valence-corrected chi connectivity index (χ1v) is 6.27. The molecule has 0 aromatic heterocycles. The van der Waals surface area contributed by atoms with Crippen LogP contribution in [-0.4, -0.2) is 18.2 Å². The predicted molar refractivity (Wildman–Crippen MR) is 70.2 cm³/mol. The lowest BCUT2D eigenvalue weighted by atomic mass is 9.86. The van der Waals surface area contributed by atoms with Crippen molar-refractivity contribution in [1.82, 2.24) is 0 Å². The molecule has 0 fully saturated rings. The van der Waals surface area contributed by atoms with E-state index in [1.165, 1.54) is 13.2 Å². The van der Waals surface area contributed by atoms with Crippen LogP contribution in [0.4, 0.5) is 0 Å². The van der Waals surface area contributed by atoms with Gasteiger partial charge in [0.05, 0.1) is 7.11 Å². The van der Waals surface area contributed by atoms with Gasteiger partial charge in [-0.3, -0.25) is 0 Å². The molecule has 0 radical (unpaired) electrons. The van der Waals surface area contributed by atoms with Crippen molar-refractivity contribution < 1.29 is 14.6 Å². The molecule has 0 heterocycles. The summed E-state index contributed by atoms with van der Waals surface area (Å²) in [6.45, 7) is 0. The lowest BCUT2D eigenvalue weighted by molar-refractivity contribution is 0.0597. The summed E-state index contributed by atoms with van der Waals surface area (Å²) in [5, 5.41) is 10.7. The van der Waals surface area contributed by atoms with Gasteiger partial charge in [-0.15, -0.1) is 0 Å². The van der Waals surface area contributed by atoms with Gasteiger partial charge in [-0.1, -0.05) is 23.8 Å². The van der Waals surface area contributed by atoms with Crippen molar-refractivity contribution in [2.45, 2.75) is 25.2 Å². The normalized spacial score (nSPS) is 18.7. The summed E-state index contributed by atoms with van der Waals surface area (Å²) in [4.78, 5) is 11.5. The van der Waals surface area contributed by atoms with Crippen LogP contribution in [0.3, 0.4) is 0 Å². The molecule has 18 heavy (non-hydrogen) atoms. The van der Waals surface area contributed by atoms with Crippen LogP contribution in [0.2, 0.25) is 5.02 Å². The van der Waals surface area contributed by atoms with Crippen molar-refractivity contribution in [2.24, 2.45) is 0 Å². The number of phenolic OH excluding ortho intramolecular Hbond substituents is 1. The third-order valence-corrected chi connectivity index (χ3v) is 3.58. The van der Waals surface area contributed by atoms with Crippen molar-refractivity contribution in [3.63, 3.8) is 0 Å². The van der Waals surface area contributed by atoms with Gasteiger partial charge in [0, 0.05) is 10.6 Å². The van der Waals surface area contributed by atoms with E-state index < -0.39 is 5.97 Å². The van der Waals surface area contributed by atoms with Crippen LogP contribution in [-0.2, 0) is 4.74 Å². The second kappa shape index (κ2) is 5.44. The molecule has 0 aliphatic heterocycles. The van der Waals surface area contributed by atoms with Gasteiger partial charge in [0.15, 0.2) is 0 Å². The van der Waals surface area contributed by atoms with Crippen molar-refractivity contribution in [3.05, 3.63) is 40.4 Å². The molecule has 2 rings (SSSR count). The summed E-state index contributed by atoms with van der Waals surface area (Å²) in [6.07, 6.45) is 6.91. The molecule has 1 aliphatic carbocycles. The van der Waals surface area contributed by atoms with E-state index in [0.717, 1.165) is 19.3 Å². The van der Waals surface area contributed by atoms with E-state index in [0.29, 0.717) is 10.6 Å². The van der Waals surface area contributed by atoms with Gasteiger partial charge in [-0.05, 0) is 37.3 Å². The molecule has 1 N–H and O–H groups in total. The fourth-order valence-electron chi connectivity index (χ4n) is 2.30. The van der Waals surface area contributed by atoms with Crippen LogP contribution in [0, 0.1) is 0 Å². The van der Waals surface area contributed by atoms with Gasteiger partial charge in [-0.2, -0.15) is 0 Å². The van der Waals surface area contributed by atoms with Gasteiger partial charge >= 0.3 is 5.97 Å². The molecule has 96 valence electrons. The van der Waals surface area contributed by atoms with E-state index in [2.05, 4.69) is 16.9 Å². The van der Waals surface area contributed by atoms with Crippen LogP contribution in [0.1, 0.15) is 41.1 Å². The minimum Gasteiger partial charge on any atom is -0.507 e. The summed E-state index contributed by atoms with van der Waals surface area (Å²) in [5.74, 6) is -0.432. The van der Waals surface area contributed by atoms with Gasteiger partial charge in [0.1, 0.15) is 11.3 Å². The fraction of sp³-hybridized carbons (Fsp3) is 0.357. The number of hydrogen-bond acceptors (Lipinski definition) is 3. The van der Waals surface area contributed by atoms with Gasteiger partial charge < -0.3 is 9.84 Å². The predicted octanol–water partition coefficient (Wildman–Crippen LogP) is 3.66. The van der Waals surface area contributed by atoms with Crippen LogP contribution in [0.15, 0.2) is 24.3 Å². The molecule has 0 bridgehead atoms. The van der Waals surface area contributed by atoms with E-state index in [4.69, 9.17) is 11.6 Å². The van der Waals surface area contributed by atoms with Crippen LogP contribution >= 0.6 is 11.6 Å². The number of hydrogen-bond donors (Lipinski definition) is 1. The number of carbonyl (C=O) groups is 1. The number of esters is 1. The third-order valence-electron chi connectivity index (χ3n) is 3.25. The van der Waals surface area contributed by atoms with Crippen molar-refractivity contribution >= 4 is 17.6 Å². The summed E-state index contributed by atoms with van der Waals surface area (Å²) in [7, 11) is 1.29. The molecule has 1 aliphatic rings. The quantitative estimate of drug-likeness (QED) is 0.656. The molecular formula is C14H15ClO3. The smallest absolute Gasteiger partial charge is 0.341 e. The van der Waals surface area contributed by atoms with Crippen LogP contribution < -0.4 is 0 Å². The molecule has 1 aromatic carbocycles. The first-order chi connectivity index (χ1) is 8.65. The number of carbonyl (C=O) groups excluding carboxylic acids is 1. The van der Waals surface area contributed by atoms with Crippen LogP contribution in [0.5, 0.6) is 5.75 Å². The Balaban J connectivity index is 2.45. The van der Waals surface area contributed by atoms with E-state index in [9.17, 15) is 9.90 Å². The Morgan fingerprint density at radius 1 is 1.44 bits per heavy atom. The maximum absolute atomic E-state index is 11.5. The molecule has 1 aromatic rings. The van der Waals surface area contributed by atoms with Crippen LogP contribution in [0.25, 0.3) is 0 Å². The highest BCUT2D eigenvalue weighted by Gasteiger charge is 2.23. The minimum atomic E-state index is -0.545.